The van der Waals surface area contributed by atoms with E-state index in [4.69, 9.17) is 9.31 Å². The number of aryl methyl sites for hydroxylation is 2. The van der Waals surface area contributed by atoms with Crippen LogP contribution in [0.4, 0.5) is 0 Å². The Morgan fingerprint density at radius 2 is 0.671 bits per heavy atom. The summed E-state index contributed by atoms with van der Waals surface area (Å²) >= 11 is 0. The quantitative estimate of drug-likeness (QED) is 0.0593. The molecule has 0 unspecified atom stereocenters. The van der Waals surface area contributed by atoms with Gasteiger partial charge in [-0.1, -0.05) is 240 Å². The van der Waals surface area contributed by atoms with Gasteiger partial charge in [-0.25, -0.2) is 0 Å². The molecule has 1 saturated heterocycles. The lowest BCUT2D eigenvalue weighted by atomic mass is 9.70. The summed E-state index contributed by atoms with van der Waals surface area (Å²) in [4.78, 5) is 0. The monoisotopic (exact) mass is 1080 g/mol. The van der Waals surface area contributed by atoms with Gasteiger partial charge in [0.05, 0.1) is 11.2 Å². The molecule has 0 radical (unpaired) electrons. The van der Waals surface area contributed by atoms with E-state index >= 15 is 0 Å². The molecule has 0 aromatic heterocycles. The Kier molecular flexibility index (Phi) is 14.9. The van der Waals surface area contributed by atoms with Crippen molar-refractivity contribution < 1.29 is 9.31 Å². The topological polar surface area (TPSA) is 18.5 Å². The van der Waals surface area contributed by atoms with Crippen LogP contribution in [0.2, 0.25) is 0 Å². The van der Waals surface area contributed by atoms with Gasteiger partial charge in [0, 0.05) is 16.2 Å². The van der Waals surface area contributed by atoms with Gasteiger partial charge in [0.15, 0.2) is 0 Å². The van der Waals surface area contributed by atoms with E-state index in [0.29, 0.717) is 0 Å². The lowest BCUT2D eigenvalue weighted by molar-refractivity contribution is 0.00578. The molecular formula is C79H89BO2. The molecule has 1 aliphatic heterocycles. The van der Waals surface area contributed by atoms with Gasteiger partial charge >= 0.3 is 7.12 Å². The summed E-state index contributed by atoms with van der Waals surface area (Å²) in [5.74, 6) is 0. The summed E-state index contributed by atoms with van der Waals surface area (Å²) in [6, 6.07) is 59.7. The van der Waals surface area contributed by atoms with Crippen LogP contribution in [0.3, 0.4) is 0 Å². The first-order valence-corrected chi connectivity index (χ1v) is 31.8. The molecular weight excluding hydrogens is 992 g/mol. The van der Waals surface area contributed by atoms with Gasteiger partial charge in [-0.2, -0.15) is 0 Å². The molecule has 1 heterocycles. The van der Waals surface area contributed by atoms with Crippen molar-refractivity contribution in [3.8, 4) is 77.9 Å². The minimum Gasteiger partial charge on any atom is -0.399 e. The van der Waals surface area contributed by atoms with Crippen molar-refractivity contribution in [2.75, 3.05) is 0 Å². The minimum atomic E-state index is -0.368. The van der Waals surface area contributed by atoms with Crippen LogP contribution in [0, 0.1) is 13.8 Å². The van der Waals surface area contributed by atoms with E-state index in [1.807, 2.05) is 0 Å². The molecule has 4 aliphatic rings. The predicted octanol–water partition coefficient (Wildman–Crippen LogP) is 21.7. The molecule has 3 heteroatoms. The molecule has 8 aromatic carbocycles. The number of unbranched alkanes of at least 4 members (excludes halogenated alkanes) is 10. The Morgan fingerprint density at radius 3 is 1.10 bits per heavy atom. The Balaban J connectivity index is 0.796. The van der Waals surface area contributed by atoms with Crippen LogP contribution >= 0.6 is 0 Å². The fraction of sp³-hybridized carbons (Fsp3) is 0.392. The molecule has 0 bridgehead atoms. The fourth-order valence-electron chi connectivity index (χ4n) is 15.3. The molecule has 8 aromatic rings. The van der Waals surface area contributed by atoms with Crippen molar-refractivity contribution in [3.05, 3.63) is 196 Å². The van der Waals surface area contributed by atoms with E-state index in [1.54, 1.807) is 11.1 Å². The summed E-state index contributed by atoms with van der Waals surface area (Å²) in [5.41, 5.74) is 30.1. The Bertz CT molecular complexity index is 3660. The molecule has 0 amide bonds. The van der Waals surface area contributed by atoms with Gasteiger partial charge in [-0.05, 0) is 213 Å². The molecule has 0 atom stereocenters. The highest BCUT2D eigenvalue weighted by Crippen LogP contribution is 2.57. The second-order valence-electron chi connectivity index (χ2n) is 27.4. The van der Waals surface area contributed by atoms with Crippen LogP contribution in [-0.4, -0.2) is 18.3 Å². The SMILES string of the molecule is CCCCCCCCC1(CCCCCCCC)c2ccccc2-c2ccc(-c3ccc4c(c3)C(C)(C)c3cc(-c5ccc6c(c5)C(C)(C)c5cc(-c7cc(C)c(-c8ccc(B9OC(C)(C)C(C)(C)O9)cc8)c(C)c7)ccc5-6)ccc3-4)cc21. The third-order valence-corrected chi connectivity index (χ3v) is 20.8. The molecule has 12 rings (SSSR count). The molecule has 0 spiro atoms. The van der Waals surface area contributed by atoms with Crippen LogP contribution in [0.15, 0.2) is 152 Å². The lowest BCUT2D eigenvalue weighted by Crippen LogP contribution is -2.41. The van der Waals surface area contributed by atoms with Gasteiger partial charge in [-0.3, -0.25) is 0 Å². The third-order valence-electron chi connectivity index (χ3n) is 20.8. The number of hydrogen-bond acceptors (Lipinski definition) is 2. The summed E-state index contributed by atoms with van der Waals surface area (Å²) < 4.78 is 12.7. The third kappa shape index (κ3) is 9.68. The maximum absolute atomic E-state index is 6.37. The van der Waals surface area contributed by atoms with Crippen molar-refractivity contribution in [1.29, 1.82) is 0 Å². The van der Waals surface area contributed by atoms with E-state index in [9.17, 15) is 0 Å². The van der Waals surface area contributed by atoms with E-state index < -0.39 is 0 Å². The first-order chi connectivity index (χ1) is 39.4. The standard InChI is InChI=1S/C79H89BO2/c1-13-15-17-19-21-25-43-79(44-26-22-20-18-16-14-2)68-28-24-23-27-62(68)67-42-34-58(51-73(67)79)57-33-40-64-63-38-31-55(47-69(63)75(5,6)71(64)49-57)56-32-39-65-66-41-35-59(50-72(66)76(7,8)70(65)48-56)60-45-52(3)74(53(4)46-60)54-29-36-61(37-30-54)80-81-77(9,10)78(11,12)82-80/h23-24,27-42,45-51H,13-22,25-26,43-44H2,1-12H3. The lowest BCUT2D eigenvalue weighted by Gasteiger charge is -2.33. The number of fused-ring (bicyclic) bond motifs is 9. The number of hydrogen-bond donors (Lipinski definition) is 0. The minimum absolute atomic E-state index is 0.0676. The largest absolute Gasteiger partial charge is 0.494 e. The Morgan fingerprint density at radius 1 is 0.329 bits per heavy atom. The van der Waals surface area contributed by atoms with Crippen LogP contribution in [0.1, 0.15) is 204 Å². The first kappa shape index (κ1) is 56.2. The summed E-state index contributed by atoms with van der Waals surface area (Å²) in [6.07, 6.45) is 18.5. The van der Waals surface area contributed by atoms with E-state index in [-0.39, 0.29) is 34.6 Å². The molecule has 0 saturated carbocycles. The van der Waals surface area contributed by atoms with Gasteiger partial charge < -0.3 is 9.31 Å². The van der Waals surface area contributed by atoms with Crippen LogP contribution in [0.25, 0.3) is 77.9 Å². The maximum Gasteiger partial charge on any atom is 0.494 e. The average molecular weight is 1080 g/mol. The van der Waals surface area contributed by atoms with Crippen LogP contribution in [0.5, 0.6) is 0 Å². The number of rotatable bonds is 19. The molecule has 82 heavy (non-hydrogen) atoms. The highest BCUT2D eigenvalue weighted by molar-refractivity contribution is 6.62. The smallest absolute Gasteiger partial charge is 0.399 e. The molecule has 420 valence electrons. The highest BCUT2D eigenvalue weighted by Gasteiger charge is 2.52. The van der Waals surface area contributed by atoms with E-state index in [0.717, 1.165) is 5.46 Å². The van der Waals surface area contributed by atoms with Crippen molar-refractivity contribution >= 4 is 12.6 Å². The van der Waals surface area contributed by atoms with Gasteiger partial charge in [0.1, 0.15) is 0 Å². The van der Waals surface area contributed by atoms with Crippen molar-refractivity contribution in [3.63, 3.8) is 0 Å². The maximum atomic E-state index is 6.37. The predicted molar refractivity (Wildman–Crippen MR) is 351 cm³/mol. The van der Waals surface area contributed by atoms with Gasteiger partial charge in [0.25, 0.3) is 0 Å². The zero-order valence-electron chi connectivity index (χ0n) is 51.7. The summed E-state index contributed by atoms with van der Waals surface area (Å²) in [5, 5.41) is 0. The van der Waals surface area contributed by atoms with Crippen molar-refractivity contribution in [2.45, 2.75) is 200 Å². The normalized spacial score (nSPS) is 16.9. The van der Waals surface area contributed by atoms with E-state index in [1.165, 1.54) is 201 Å². The van der Waals surface area contributed by atoms with E-state index in [2.05, 4.69) is 235 Å². The van der Waals surface area contributed by atoms with Crippen molar-refractivity contribution in [1.82, 2.24) is 0 Å². The fourth-order valence-corrected chi connectivity index (χ4v) is 15.3. The highest BCUT2D eigenvalue weighted by atomic mass is 16.7. The van der Waals surface area contributed by atoms with Gasteiger partial charge in [-0.15, -0.1) is 0 Å². The van der Waals surface area contributed by atoms with Crippen molar-refractivity contribution in [2.24, 2.45) is 0 Å². The summed E-state index contributed by atoms with van der Waals surface area (Å²) in [7, 11) is -0.368. The van der Waals surface area contributed by atoms with Crippen LogP contribution < -0.4 is 5.46 Å². The second kappa shape index (κ2) is 21.7. The van der Waals surface area contributed by atoms with Gasteiger partial charge in [0.2, 0.25) is 0 Å². The zero-order chi connectivity index (χ0) is 57.3. The summed E-state index contributed by atoms with van der Waals surface area (Å²) in [6.45, 7) is 27.3. The molecule has 1 fully saturated rings. The average Bonchev–Trinajstić information content (AvgIpc) is 4.13. The zero-order valence-corrected chi connectivity index (χ0v) is 51.7. The first-order valence-electron chi connectivity index (χ1n) is 31.8. The molecule has 0 N–H and O–H groups in total. The van der Waals surface area contributed by atoms with Crippen LogP contribution in [-0.2, 0) is 25.6 Å². The molecule has 2 nitrogen and oxygen atoms in total. The Labute approximate surface area is 493 Å². The number of benzene rings is 8. The second-order valence-corrected chi connectivity index (χ2v) is 27.4. The molecule has 3 aliphatic carbocycles. The Hall–Kier alpha value is -6.26.